The molecule has 0 fully saturated rings. The number of thiophene rings is 1. The quantitative estimate of drug-likeness (QED) is 0.183. The molecule has 0 aliphatic carbocycles. The first-order valence-corrected chi connectivity index (χ1v) is 16.3. The Balaban J connectivity index is 1.35. The minimum Gasteiger partial charge on any atom is -0.264 e. The van der Waals surface area contributed by atoms with Gasteiger partial charge < -0.3 is 0 Å². The molecule has 0 aliphatic heterocycles. The fraction of sp³-hybridized carbons (Fsp3) is 0.0238. The third-order valence-corrected chi connectivity index (χ3v) is 10.0. The van der Waals surface area contributed by atoms with Crippen molar-refractivity contribution in [2.24, 2.45) is 0 Å². The molecule has 0 saturated carbocycles. The van der Waals surface area contributed by atoms with Gasteiger partial charge in [-0.05, 0) is 111 Å². The third-order valence-electron chi connectivity index (χ3n) is 8.85. The molecule has 222 valence electrons. The second-order valence-corrected chi connectivity index (χ2v) is 13.0. The fourth-order valence-electron chi connectivity index (χ4n) is 6.59. The summed E-state index contributed by atoms with van der Waals surface area (Å²) in [4.78, 5) is 14.9. The summed E-state index contributed by atoms with van der Waals surface area (Å²) in [5.74, 6) is 0.344. The number of hydrogen-bond acceptors (Lipinski definition) is 4. The van der Waals surface area contributed by atoms with Crippen molar-refractivity contribution >= 4 is 53.2 Å². The Hall–Kier alpha value is -5.78. The van der Waals surface area contributed by atoms with Crippen molar-refractivity contribution < 1.29 is 4.39 Å². The summed E-state index contributed by atoms with van der Waals surface area (Å²) in [6.07, 6.45) is 3.69. The molecule has 3 nitrogen and oxygen atoms in total. The van der Waals surface area contributed by atoms with Crippen molar-refractivity contribution in [3.8, 4) is 44.9 Å². The molecular formula is C42H26FN3S. The first kappa shape index (κ1) is 27.5. The van der Waals surface area contributed by atoms with Gasteiger partial charge in [0.2, 0.25) is 0 Å². The van der Waals surface area contributed by atoms with E-state index in [1.54, 1.807) is 29.7 Å². The zero-order chi connectivity index (χ0) is 31.5. The van der Waals surface area contributed by atoms with E-state index in [4.69, 9.17) is 9.97 Å². The lowest BCUT2D eigenvalue weighted by molar-refractivity contribution is 0.628. The number of benzene rings is 6. The van der Waals surface area contributed by atoms with Crippen LogP contribution in [-0.4, -0.2) is 15.0 Å². The summed E-state index contributed by atoms with van der Waals surface area (Å²) >= 11 is 1.68. The Bertz CT molecular complexity index is 2640. The highest BCUT2D eigenvalue weighted by Crippen LogP contribution is 2.42. The lowest BCUT2D eigenvalue weighted by Crippen LogP contribution is -1.95. The average Bonchev–Trinajstić information content (AvgIpc) is 3.49. The van der Waals surface area contributed by atoms with E-state index in [1.807, 2.05) is 12.3 Å². The van der Waals surface area contributed by atoms with E-state index in [-0.39, 0.29) is 5.82 Å². The van der Waals surface area contributed by atoms with Crippen molar-refractivity contribution in [2.45, 2.75) is 6.92 Å². The molecular weight excluding hydrogens is 598 g/mol. The summed E-state index contributed by atoms with van der Waals surface area (Å²) < 4.78 is 16.2. The van der Waals surface area contributed by atoms with Gasteiger partial charge in [0, 0.05) is 39.2 Å². The number of nitrogens with zero attached hydrogens (tertiary/aromatic N) is 3. The predicted molar refractivity (Wildman–Crippen MR) is 194 cm³/mol. The molecule has 0 unspecified atom stereocenters. The lowest BCUT2D eigenvalue weighted by atomic mass is 9.90. The van der Waals surface area contributed by atoms with E-state index < -0.39 is 0 Å². The zero-order valence-electron chi connectivity index (χ0n) is 25.4. The van der Waals surface area contributed by atoms with Crippen LogP contribution in [0.25, 0.3) is 86.7 Å². The number of aromatic nitrogens is 3. The van der Waals surface area contributed by atoms with Crippen LogP contribution in [0.15, 0.2) is 140 Å². The number of rotatable bonds is 4. The van der Waals surface area contributed by atoms with E-state index in [0.29, 0.717) is 5.82 Å². The molecule has 6 aromatic carbocycles. The molecule has 0 spiro atoms. The van der Waals surface area contributed by atoms with Crippen molar-refractivity contribution in [1.29, 1.82) is 0 Å². The number of aryl methyl sites for hydroxylation is 1. The van der Waals surface area contributed by atoms with Gasteiger partial charge in [-0.2, -0.15) is 0 Å². The fourth-order valence-corrected chi connectivity index (χ4v) is 7.84. The Morgan fingerprint density at radius 1 is 0.574 bits per heavy atom. The topological polar surface area (TPSA) is 38.7 Å². The summed E-state index contributed by atoms with van der Waals surface area (Å²) in [6.45, 7) is 2.10. The van der Waals surface area contributed by atoms with Crippen molar-refractivity contribution in [2.75, 3.05) is 0 Å². The highest BCUT2D eigenvalue weighted by Gasteiger charge is 2.19. The summed E-state index contributed by atoms with van der Waals surface area (Å²) in [5, 5.41) is 5.90. The van der Waals surface area contributed by atoms with Gasteiger partial charge in [-0.1, -0.05) is 66.7 Å². The van der Waals surface area contributed by atoms with Crippen LogP contribution < -0.4 is 0 Å². The van der Waals surface area contributed by atoms with Crippen LogP contribution >= 0.6 is 11.3 Å². The van der Waals surface area contributed by atoms with Crippen LogP contribution in [0.2, 0.25) is 0 Å². The lowest BCUT2D eigenvalue weighted by Gasteiger charge is -2.15. The van der Waals surface area contributed by atoms with Crippen LogP contribution in [0, 0.1) is 12.7 Å². The molecule has 3 aromatic heterocycles. The van der Waals surface area contributed by atoms with Crippen LogP contribution in [-0.2, 0) is 0 Å². The molecule has 3 heterocycles. The van der Waals surface area contributed by atoms with Gasteiger partial charge in [0.25, 0.3) is 0 Å². The molecule has 5 heteroatoms. The Morgan fingerprint density at radius 3 is 2.17 bits per heavy atom. The largest absolute Gasteiger partial charge is 0.264 e. The van der Waals surface area contributed by atoms with Gasteiger partial charge in [0.15, 0.2) is 5.82 Å². The van der Waals surface area contributed by atoms with E-state index in [0.717, 1.165) is 59.4 Å². The molecule has 0 N–H and O–H groups in total. The molecule has 0 bridgehead atoms. The highest BCUT2D eigenvalue weighted by molar-refractivity contribution is 7.26. The van der Waals surface area contributed by atoms with Crippen molar-refractivity contribution in [3.63, 3.8) is 0 Å². The molecule has 0 aliphatic rings. The maximum atomic E-state index is 14.1. The van der Waals surface area contributed by atoms with Gasteiger partial charge in [-0.15, -0.1) is 11.3 Å². The molecule has 0 radical (unpaired) electrons. The van der Waals surface area contributed by atoms with Crippen molar-refractivity contribution in [3.05, 3.63) is 151 Å². The van der Waals surface area contributed by atoms with Gasteiger partial charge in [-0.3, -0.25) is 4.98 Å². The van der Waals surface area contributed by atoms with E-state index in [9.17, 15) is 4.39 Å². The van der Waals surface area contributed by atoms with E-state index in [2.05, 4.69) is 109 Å². The third kappa shape index (κ3) is 4.75. The van der Waals surface area contributed by atoms with Gasteiger partial charge in [0.1, 0.15) is 5.82 Å². The predicted octanol–water partition coefficient (Wildman–Crippen LogP) is 11.7. The normalized spacial score (nSPS) is 11.6. The SMILES string of the molecule is Cc1ccc2c(c1)sc1c(-c3ccc(F)cc3)nc(-c3cc(-c4cccnc4)cc(-c4cc5ccccc5c5ccccc45)c3)nc12. The number of halogens is 1. The summed E-state index contributed by atoms with van der Waals surface area (Å²) in [7, 11) is 0. The Labute approximate surface area is 274 Å². The first-order valence-electron chi connectivity index (χ1n) is 15.5. The molecule has 9 rings (SSSR count). The van der Waals surface area contributed by atoms with Gasteiger partial charge in [0.05, 0.1) is 15.9 Å². The minimum atomic E-state index is -0.275. The zero-order valence-corrected chi connectivity index (χ0v) is 26.2. The maximum Gasteiger partial charge on any atom is 0.160 e. The standard InChI is InChI=1S/C42H26FN3S/c1-25-12-17-36-38(19-25)47-41-39(26-13-15-32(43)16-14-26)45-42(46-40(36)41)31-21-29(28-8-6-18-44-24-28)20-30(22-31)37-23-27-7-2-3-9-33(27)34-10-4-5-11-35(34)37/h2-24H,1H3. The van der Waals surface area contributed by atoms with Crippen molar-refractivity contribution in [1.82, 2.24) is 15.0 Å². The monoisotopic (exact) mass is 623 g/mol. The minimum absolute atomic E-state index is 0.275. The van der Waals surface area contributed by atoms with E-state index in [1.165, 1.54) is 39.2 Å². The van der Waals surface area contributed by atoms with Gasteiger partial charge in [-0.25, -0.2) is 14.4 Å². The van der Waals surface area contributed by atoms with E-state index >= 15 is 0 Å². The van der Waals surface area contributed by atoms with Gasteiger partial charge >= 0.3 is 0 Å². The molecule has 47 heavy (non-hydrogen) atoms. The first-order chi connectivity index (χ1) is 23.1. The summed E-state index contributed by atoms with van der Waals surface area (Å²) in [6, 6.07) is 43.1. The molecule has 9 aromatic rings. The molecule has 0 saturated heterocycles. The van der Waals surface area contributed by atoms with Crippen LogP contribution in [0.3, 0.4) is 0 Å². The number of fused-ring (bicyclic) bond motifs is 6. The smallest absolute Gasteiger partial charge is 0.160 e. The highest BCUT2D eigenvalue weighted by atomic mass is 32.1. The molecule has 0 atom stereocenters. The number of hydrogen-bond donors (Lipinski definition) is 0. The van der Waals surface area contributed by atoms with Crippen LogP contribution in [0.1, 0.15) is 5.56 Å². The second kappa shape index (κ2) is 10.9. The second-order valence-electron chi connectivity index (χ2n) is 11.9. The molecule has 0 amide bonds. The van der Waals surface area contributed by atoms with Crippen LogP contribution in [0.5, 0.6) is 0 Å². The Kier molecular flexibility index (Phi) is 6.40. The van der Waals surface area contributed by atoms with Crippen LogP contribution in [0.4, 0.5) is 4.39 Å². The average molecular weight is 624 g/mol. The Morgan fingerprint density at radius 2 is 1.34 bits per heavy atom. The number of pyridine rings is 1. The maximum absolute atomic E-state index is 14.1. The summed E-state index contributed by atoms with van der Waals surface area (Å²) in [5.41, 5.74) is 8.90.